The molecule has 2 unspecified atom stereocenters. The minimum atomic E-state index is -1.14. The van der Waals surface area contributed by atoms with Crippen molar-refractivity contribution in [1.29, 1.82) is 0 Å². The maximum atomic E-state index is 10.7. The molecular weight excluding hydrogens is 364 g/mol. The van der Waals surface area contributed by atoms with E-state index < -0.39 is 5.60 Å². The van der Waals surface area contributed by atoms with Crippen molar-refractivity contribution in [3.8, 4) is 0 Å². The standard InChI is InChI=1S/C23H34N4O2/c1-5-24-22(26-16-23(4,28)21-11-10-18(3)29-21)25-14-17(2)27-13-12-19-8-6-7-9-20(19)15-27/h6-11,17,28H,5,12-16H2,1-4H3,(H2,24,25,26). The van der Waals surface area contributed by atoms with Crippen molar-refractivity contribution >= 4 is 5.96 Å². The van der Waals surface area contributed by atoms with Gasteiger partial charge in [0.05, 0.1) is 6.54 Å². The first-order valence-corrected chi connectivity index (χ1v) is 10.5. The molecule has 6 nitrogen and oxygen atoms in total. The van der Waals surface area contributed by atoms with Gasteiger partial charge < -0.3 is 20.2 Å². The summed E-state index contributed by atoms with van der Waals surface area (Å²) in [6.45, 7) is 11.7. The second kappa shape index (κ2) is 9.46. The molecule has 1 aromatic carbocycles. The summed E-state index contributed by atoms with van der Waals surface area (Å²) in [7, 11) is 0. The number of aryl methyl sites for hydroxylation is 1. The average molecular weight is 399 g/mol. The summed E-state index contributed by atoms with van der Waals surface area (Å²) >= 11 is 0. The minimum absolute atomic E-state index is 0.223. The van der Waals surface area contributed by atoms with Crippen LogP contribution in [0.25, 0.3) is 0 Å². The van der Waals surface area contributed by atoms with Gasteiger partial charge in [-0.25, -0.2) is 4.99 Å². The number of nitrogens with zero attached hydrogens (tertiary/aromatic N) is 2. The van der Waals surface area contributed by atoms with E-state index in [0.29, 0.717) is 17.8 Å². The van der Waals surface area contributed by atoms with Crippen molar-refractivity contribution in [2.24, 2.45) is 4.99 Å². The van der Waals surface area contributed by atoms with Gasteiger partial charge in [0.2, 0.25) is 0 Å². The summed E-state index contributed by atoms with van der Waals surface area (Å²) < 4.78 is 5.58. The Bertz CT molecular complexity index is 828. The Hall–Kier alpha value is -2.31. The molecule has 6 heteroatoms. The fourth-order valence-corrected chi connectivity index (χ4v) is 3.64. The molecule has 0 spiro atoms. The first kappa shape index (κ1) is 21.4. The molecule has 2 aromatic rings. The molecule has 3 rings (SSSR count). The lowest BCUT2D eigenvalue weighted by Crippen LogP contribution is -2.47. The lowest BCUT2D eigenvalue weighted by atomic mass is 9.99. The van der Waals surface area contributed by atoms with Gasteiger partial charge >= 0.3 is 0 Å². The van der Waals surface area contributed by atoms with Crippen molar-refractivity contribution < 1.29 is 9.52 Å². The van der Waals surface area contributed by atoms with E-state index in [4.69, 9.17) is 4.42 Å². The molecule has 158 valence electrons. The van der Waals surface area contributed by atoms with Gasteiger partial charge in [0.15, 0.2) is 5.96 Å². The fourth-order valence-electron chi connectivity index (χ4n) is 3.64. The zero-order valence-electron chi connectivity index (χ0n) is 18.0. The van der Waals surface area contributed by atoms with E-state index in [0.717, 1.165) is 38.4 Å². The molecule has 0 radical (unpaired) electrons. The van der Waals surface area contributed by atoms with E-state index in [1.54, 1.807) is 6.92 Å². The van der Waals surface area contributed by atoms with Gasteiger partial charge in [-0.2, -0.15) is 0 Å². The largest absolute Gasteiger partial charge is 0.463 e. The molecule has 0 saturated heterocycles. The second-order valence-electron chi connectivity index (χ2n) is 8.10. The Labute approximate surface area is 174 Å². The van der Waals surface area contributed by atoms with Crippen LogP contribution >= 0.6 is 0 Å². The lowest BCUT2D eigenvalue weighted by molar-refractivity contribution is 0.0428. The molecule has 2 atom stereocenters. The Morgan fingerprint density at radius 3 is 2.69 bits per heavy atom. The van der Waals surface area contributed by atoms with E-state index in [1.165, 1.54) is 11.1 Å². The van der Waals surface area contributed by atoms with E-state index in [2.05, 4.69) is 51.7 Å². The first-order chi connectivity index (χ1) is 13.9. The van der Waals surface area contributed by atoms with Crippen LogP contribution in [0.3, 0.4) is 0 Å². The monoisotopic (exact) mass is 398 g/mol. The quantitative estimate of drug-likeness (QED) is 0.494. The van der Waals surface area contributed by atoms with Gasteiger partial charge in [-0.05, 0) is 57.4 Å². The Morgan fingerprint density at radius 2 is 2.00 bits per heavy atom. The summed E-state index contributed by atoms with van der Waals surface area (Å²) in [6.07, 6.45) is 1.10. The lowest BCUT2D eigenvalue weighted by Gasteiger charge is -2.34. The topological polar surface area (TPSA) is 73.0 Å². The smallest absolute Gasteiger partial charge is 0.191 e. The van der Waals surface area contributed by atoms with Crippen LogP contribution < -0.4 is 10.6 Å². The zero-order chi connectivity index (χ0) is 20.9. The third kappa shape index (κ3) is 5.61. The molecule has 1 aliphatic heterocycles. The molecule has 1 aromatic heterocycles. The fraction of sp³-hybridized carbons (Fsp3) is 0.522. The molecule has 29 heavy (non-hydrogen) atoms. The van der Waals surface area contributed by atoms with Gasteiger partial charge in [-0.3, -0.25) is 4.90 Å². The number of furan rings is 1. The second-order valence-corrected chi connectivity index (χ2v) is 8.10. The van der Waals surface area contributed by atoms with Crippen molar-refractivity contribution in [2.45, 2.75) is 52.3 Å². The third-order valence-corrected chi connectivity index (χ3v) is 5.51. The zero-order valence-corrected chi connectivity index (χ0v) is 18.0. The van der Waals surface area contributed by atoms with E-state index >= 15 is 0 Å². The highest BCUT2D eigenvalue weighted by atomic mass is 16.4. The van der Waals surface area contributed by atoms with Gasteiger partial charge in [0, 0.05) is 32.2 Å². The van der Waals surface area contributed by atoms with Gasteiger partial charge in [-0.15, -0.1) is 0 Å². The number of rotatable bonds is 7. The molecule has 3 N–H and O–H groups in total. The van der Waals surface area contributed by atoms with Crippen LogP contribution in [-0.4, -0.2) is 48.2 Å². The summed E-state index contributed by atoms with van der Waals surface area (Å²) in [5.74, 6) is 2.03. The average Bonchev–Trinajstić information content (AvgIpc) is 3.17. The van der Waals surface area contributed by atoms with Crippen LogP contribution in [0, 0.1) is 6.92 Å². The first-order valence-electron chi connectivity index (χ1n) is 10.5. The highest BCUT2D eigenvalue weighted by Crippen LogP contribution is 2.23. The number of hydrogen-bond acceptors (Lipinski definition) is 4. The van der Waals surface area contributed by atoms with Crippen molar-refractivity contribution in [1.82, 2.24) is 15.5 Å². The number of aliphatic hydroxyl groups is 1. The summed E-state index contributed by atoms with van der Waals surface area (Å²) in [4.78, 5) is 7.09. The number of nitrogens with one attached hydrogen (secondary N) is 2. The van der Waals surface area contributed by atoms with Gasteiger partial charge in [0.25, 0.3) is 0 Å². The maximum absolute atomic E-state index is 10.7. The molecule has 0 fully saturated rings. The van der Waals surface area contributed by atoms with Crippen LogP contribution in [0.15, 0.2) is 45.8 Å². The van der Waals surface area contributed by atoms with E-state index in [9.17, 15) is 5.11 Å². The maximum Gasteiger partial charge on any atom is 0.191 e. The van der Waals surface area contributed by atoms with Crippen LogP contribution in [-0.2, 0) is 18.6 Å². The highest BCUT2D eigenvalue weighted by molar-refractivity contribution is 5.79. The third-order valence-electron chi connectivity index (χ3n) is 5.51. The van der Waals surface area contributed by atoms with Crippen molar-refractivity contribution in [2.75, 3.05) is 26.2 Å². The molecule has 0 amide bonds. The van der Waals surface area contributed by atoms with Crippen LogP contribution in [0.1, 0.15) is 43.4 Å². The Kier molecular flexibility index (Phi) is 6.98. The van der Waals surface area contributed by atoms with Crippen LogP contribution in [0.2, 0.25) is 0 Å². The molecule has 0 aliphatic carbocycles. The summed E-state index contributed by atoms with van der Waals surface area (Å²) in [5, 5.41) is 17.4. The van der Waals surface area contributed by atoms with Gasteiger partial charge in [0.1, 0.15) is 17.1 Å². The van der Waals surface area contributed by atoms with Gasteiger partial charge in [-0.1, -0.05) is 24.3 Å². The van der Waals surface area contributed by atoms with Crippen molar-refractivity contribution in [3.05, 3.63) is 59.0 Å². The molecule has 0 bridgehead atoms. The minimum Gasteiger partial charge on any atom is -0.463 e. The summed E-state index contributed by atoms with van der Waals surface area (Å²) in [6, 6.07) is 12.7. The number of aliphatic imine (C=N–C) groups is 1. The van der Waals surface area contributed by atoms with Crippen molar-refractivity contribution in [3.63, 3.8) is 0 Å². The molecule has 1 aliphatic rings. The summed E-state index contributed by atoms with van der Waals surface area (Å²) in [5.41, 5.74) is 1.75. The number of guanidine groups is 1. The van der Waals surface area contributed by atoms with Crippen LogP contribution in [0.4, 0.5) is 0 Å². The highest BCUT2D eigenvalue weighted by Gasteiger charge is 2.27. The predicted molar refractivity (Wildman–Crippen MR) is 117 cm³/mol. The number of hydrogen-bond donors (Lipinski definition) is 3. The molecule has 2 heterocycles. The predicted octanol–water partition coefficient (Wildman–Crippen LogP) is 2.80. The van der Waals surface area contributed by atoms with E-state index in [1.807, 2.05) is 26.0 Å². The molecule has 0 saturated carbocycles. The van der Waals surface area contributed by atoms with Crippen LogP contribution in [0.5, 0.6) is 0 Å². The Morgan fingerprint density at radius 1 is 1.24 bits per heavy atom. The van der Waals surface area contributed by atoms with E-state index in [-0.39, 0.29) is 6.54 Å². The molecular formula is C23H34N4O2. The normalized spacial score (nSPS) is 18.0. The SMILES string of the molecule is CCNC(=NCC(C)(O)c1ccc(C)o1)NCC(C)N1CCc2ccccc2C1. The Balaban J connectivity index is 1.57. The number of benzene rings is 1. The number of fused-ring (bicyclic) bond motifs is 1.